The van der Waals surface area contributed by atoms with Crippen molar-refractivity contribution in [3.8, 4) is 0 Å². The number of rotatable bonds is 5. The second-order valence-electron chi connectivity index (χ2n) is 6.20. The maximum atomic E-state index is 11.6. The van der Waals surface area contributed by atoms with Crippen LogP contribution in [0.25, 0.3) is 0 Å². The van der Waals surface area contributed by atoms with Gasteiger partial charge in [-0.3, -0.25) is 4.90 Å². The Morgan fingerprint density at radius 2 is 2.00 bits per heavy atom. The van der Waals surface area contributed by atoms with Crippen molar-refractivity contribution in [3.05, 3.63) is 0 Å². The van der Waals surface area contributed by atoms with Crippen LogP contribution < -0.4 is 5.32 Å². The van der Waals surface area contributed by atoms with Crippen LogP contribution in [0.2, 0.25) is 0 Å². The van der Waals surface area contributed by atoms with Gasteiger partial charge in [-0.15, -0.1) is 0 Å². The van der Waals surface area contributed by atoms with Gasteiger partial charge in [-0.05, 0) is 25.7 Å². The summed E-state index contributed by atoms with van der Waals surface area (Å²) >= 11 is 0. The highest BCUT2D eigenvalue weighted by Crippen LogP contribution is 2.22. The molecule has 0 amide bonds. The molecule has 5 heteroatoms. The summed E-state index contributed by atoms with van der Waals surface area (Å²) in [5, 5.41) is 3.59. The van der Waals surface area contributed by atoms with E-state index in [1.54, 1.807) is 0 Å². The molecule has 2 fully saturated rings. The van der Waals surface area contributed by atoms with Crippen molar-refractivity contribution in [2.75, 3.05) is 24.6 Å². The minimum Gasteiger partial charge on any atom is -0.312 e. The van der Waals surface area contributed by atoms with E-state index >= 15 is 0 Å². The normalized spacial score (nSPS) is 30.6. The first-order valence-corrected chi connectivity index (χ1v) is 8.91. The van der Waals surface area contributed by atoms with Crippen molar-refractivity contribution in [2.24, 2.45) is 5.92 Å². The van der Waals surface area contributed by atoms with E-state index in [9.17, 15) is 8.42 Å². The Bertz CT molecular complexity index is 376. The van der Waals surface area contributed by atoms with Gasteiger partial charge in [0.05, 0.1) is 11.5 Å². The summed E-state index contributed by atoms with van der Waals surface area (Å²) in [6.45, 7) is 8.19. The van der Waals surface area contributed by atoms with Crippen molar-refractivity contribution < 1.29 is 8.42 Å². The average Bonchev–Trinajstić information content (AvgIpc) is 3.03. The van der Waals surface area contributed by atoms with Crippen LogP contribution in [-0.2, 0) is 9.84 Å². The first kappa shape index (κ1) is 14.3. The van der Waals surface area contributed by atoms with Gasteiger partial charge in [-0.1, -0.05) is 13.8 Å². The van der Waals surface area contributed by atoms with Gasteiger partial charge < -0.3 is 5.32 Å². The van der Waals surface area contributed by atoms with Gasteiger partial charge in [0.25, 0.3) is 0 Å². The van der Waals surface area contributed by atoms with Crippen LogP contribution in [0.4, 0.5) is 0 Å². The predicted molar refractivity (Wildman–Crippen MR) is 74.5 cm³/mol. The van der Waals surface area contributed by atoms with E-state index in [0.717, 1.165) is 12.6 Å². The maximum Gasteiger partial charge on any atom is 0.153 e. The van der Waals surface area contributed by atoms with E-state index < -0.39 is 9.84 Å². The third-order valence-electron chi connectivity index (χ3n) is 4.11. The molecule has 2 atom stereocenters. The lowest BCUT2D eigenvalue weighted by molar-refractivity contribution is 0.119. The summed E-state index contributed by atoms with van der Waals surface area (Å²) in [6, 6.07) is 1.32. The Labute approximate surface area is 111 Å². The second-order valence-corrected chi connectivity index (χ2v) is 8.42. The van der Waals surface area contributed by atoms with Crippen LogP contribution in [0.5, 0.6) is 0 Å². The Morgan fingerprint density at radius 1 is 1.33 bits per heavy atom. The van der Waals surface area contributed by atoms with E-state index in [1.807, 2.05) is 6.92 Å². The van der Waals surface area contributed by atoms with Crippen LogP contribution in [-0.4, -0.2) is 56.0 Å². The van der Waals surface area contributed by atoms with Crippen LogP contribution in [0, 0.1) is 5.92 Å². The lowest BCUT2D eigenvalue weighted by Gasteiger charge is -2.41. The summed E-state index contributed by atoms with van der Waals surface area (Å²) in [7, 11) is -2.81. The largest absolute Gasteiger partial charge is 0.312 e. The van der Waals surface area contributed by atoms with Crippen LogP contribution in [0.15, 0.2) is 0 Å². The second kappa shape index (κ2) is 5.47. The Kier molecular flexibility index (Phi) is 4.34. The predicted octanol–water partition coefficient (Wildman–Crippen LogP) is 0.882. The highest BCUT2D eigenvalue weighted by molar-refractivity contribution is 7.91. The summed E-state index contributed by atoms with van der Waals surface area (Å²) < 4.78 is 23.3. The lowest BCUT2D eigenvalue weighted by Crippen LogP contribution is -2.56. The molecule has 1 N–H and O–H groups in total. The van der Waals surface area contributed by atoms with E-state index in [2.05, 4.69) is 24.1 Å². The molecular formula is C13H26N2O2S. The minimum atomic E-state index is -2.81. The van der Waals surface area contributed by atoms with Gasteiger partial charge >= 0.3 is 0 Å². The number of hydrogen-bond donors (Lipinski definition) is 1. The lowest BCUT2D eigenvalue weighted by atomic mass is 10.0. The fourth-order valence-electron chi connectivity index (χ4n) is 2.81. The molecule has 4 nitrogen and oxygen atoms in total. The highest BCUT2D eigenvalue weighted by Gasteiger charge is 2.34. The van der Waals surface area contributed by atoms with Crippen molar-refractivity contribution in [1.29, 1.82) is 0 Å². The van der Waals surface area contributed by atoms with Gasteiger partial charge in [-0.2, -0.15) is 0 Å². The third kappa shape index (κ3) is 3.68. The third-order valence-corrected chi connectivity index (χ3v) is 5.91. The quantitative estimate of drug-likeness (QED) is 0.808. The first-order chi connectivity index (χ1) is 8.39. The molecular weight excluding hydrogens is 248 g/mol. The topological polar surface area (TPSA) is 49.4 Å². The average molecular weight is 274 g/mol. The molecule has 106 valence electrons. The highest BCUT2D eigenvalue weighted by atomic mass is 32.2. The van der Waals surface area contributed by atoms with Crippen molar-refractivity contribution in [3.63, 3.8) is 0 Å². The molecule has 2 aliphatic rings. The molecule has 2 unspecified atom stereocenters. The monoisotopic (exact) mass is 274 g/mol. The minimum absolute atomic E-state index is 0.150. The van der Waals surface area contributed by atoms with Crippen LogP contribution >= 0.6 is 0 Å². The van der Waals surface area contributed by atoms with Crippen molar-refractivity contribution in [2.45, 2.75) is 51.7 Å². The van der Waals surface area contributed by atoms with Gasteiger partial charge in [0.1, 0.15) is 0 Å². The van der Waals surface area contributed by atoms with E-state index in [4.69, 9.17) is 0 Å². The number of nitrogens with one attached hydrogen (secondary N) is 1. The number of nitrogens with zero attached hydrogens (tertiary/aromatic N) is 1. The van der Waals surface area contributed by atoms with E-state index in [0.29, 0.717) is 30.0 Å². The SMILES string of the molecule is CC(C)C(CNC1CC1)N1CCS(=O)(=O)CC1C. The summed E-state index contributed by atoms with van der Waals surface area (Å²) in [4.78, 5) is 2.39. The molecule has 1 aliphatic carbocycles. The van der Waals surface area contributed by atoms with Crippen molar-refractivity contribution >= 4 is 9.84 Å². The molecule has 0 spiro atoms. The Balaban J connectivity index is 1.96. The molecule has 1 aliphatic heterocycles. The molecule has 2 rings (SSSR count). The molecule has 1 heterocycles. The molecule has 0 aromatic heterocycles. The van der Waals surface area contributed by atoms with Crippen LogP contribution in [0.1, 0.15) is 33.6 Å². The molecule has 0 aromatic carbocycles. The van der Waals surface area contributed by atoms with Crippen LogP contribution in [0.3, 0.4) is 0 Å². The maximum absolute atomic E-state index is 11.6. The zero-order chi connectivity index (χ0) is 13.3. The Hall–Kier alpha value is -0.130. The van der Waals surface area contributed by atoms with Crippen molar-refractivity contribution in [1.82, 2.24) is 10.2 Å². The molecule has 0 aromatic rings. The zero-order valence-electron chi connectivity index (χ0n) is 11.7. The fraction of sp³-hybridized carbons (Fsp3) is 1.00. The molecule has 1 saturated heterocycles. The summed E-state index contributed by atoms with van der Waals surface area (Å²) in [5.41, 5.74) is 0. The summed E-state index contributed by atoms with van der Waals surface area (Å²) in [5.74, 6) is 1.20. The molecule has 0 bridgehead atoms. The van der Waals surface area contributed by atoms with Gasteiger partial charge in [0.15, 0.2) is 9.84 Å². The summed E-state index contributed by atoms with van der Waals surface area (Å²) in [6.07, 6.45) is 2.60. The van der Waals surface area contributed by atoms with E-state index in [-0.39, 0.29) is 6.04 Å². The Morgan fingerprint density at radius 3 is 2.50 bits per heavy atom. The molecule has 0 radical (unpaired) electrons. The fourth-order valence-corrected chi connectivity index (χ4v) is 4.40. The zero-order valence-corrected chi connectivity index (χ0v) is 12.5. The van der Waals surface area contributed by atoms with Gasteiger partial charge in [-0.25, -0.2) is 8.42 Å². The molecule has 18 heavy (non-hydrogen) atoms. The molecule has 1 saturated carbocycles. The number of hydrogen-bond acceptors (Lipinski definition) is 4. The van der Waals surface area contributed by atoms with Gasteiger partial charge in [0.2, 0.25) is 0 Å². The first-order valence-electron chi connectivity index (χ1n) is 7.08. The van der Waals surface area contributed by atoms with Gasteiger partial charge in [0, 0.05) is 31.2 Å². The van der Waals surface area contributed by atoms with E-state index in [1.165, 1.54) is 12.8 Å². The number of sulfone groups is 1. The standard InChI is InChI=1S/C13H26N2O2S/c1-10(2)13(8-14-12-4-5-12)15-6-7-18(16,17)9-11(15)3/h10-14H,4-9H2,1-3H3. The smallest absolute Gasteiger partial charge is 0.153 e.